The van der Waals surface area contributed by atoms with Gasteiger partial charge in [0.05, 0.1) is 12.8 Å². The second-order valence-corrected chi connectivity index (χ2v) is 7.07. The van der Waals surface area contributed by atoms with E-state index in [2.05, 4.69) is 12.2 Å². The normalized spacial score (nSPS) is 10.8. The van der Waals surface area contributed by atoms with Gasteiger partial charge in [-0.1, -0.05) is 57.6 Å². The minimum absolute atomic E-state index is 0.103. The molecule has 0 bridgehead atoms. The number of allylic oxidation sites excluding steroid dienone is 1. The largest absolute Gasteiger partial charge is 0.481 e. The number of unbranched alkanes of at least 4 members (excludes halogenated alkanes) is 6. The Morgan fingerprint density at radius 3 is 2.24 bits per heavy atom. The number of aliphatic carboxylic acids is 1. The Bertz CT molecular complexity index is 652. The zero-order valence-electron chi connectivity index (χ0n) is 17.3. The Labute approximate surface area is 173 Å². The maximum absolute atomic E-state index is 11.9. The third kappa shape index (κ3) is 13.2. The highest BCUT2D eigenvalue weighted by Crippen LogP contribution is 2.12. The van der Waals surface area contributed by atoms with Gasteiger partial charge in [-0.15, -0.1) is 0 Å². The summed E-state index contributed by atoms with van der Waals surface area (Å²) in [5.41, 5.74) is 1.63. The van der Waals surface area contributed by atoms with Gasteiger partial charge in [0.15, 0.2) is 5.78 Å². The molecule has 1 aromatic carbocycles. The number of ketones is 1. The summed E-state index contributed by atoms with van der Waals surface area (Å²) < 4.78 is 5.02. The van der Waals surface area contributed by atoms with Crippen LogP contribution in [0.3, 0.4) is 0 Å². The molecule has 0 aliphatic heterocycles. The fraction of sp³-hybridized carbons (Fsp3) is 0.522. The molecule has 6 nitrogen and oxygen atoms in total. The Hall–Kier alpha value is -2.63. The predicted molar refractivity (Wildman–Crippen MR) is 113 cm³/mol. The second kappa shape index (κ2) is 15.3. The van der Waals surface area contributed by atoms with Gasteiger partial charge in [0.25, 0.3) is 0 Å². The molecule has 0 amide bonds. The van der Waals surface area contributed by atoms with Gasteiger partial charge in [-0.05, 0) is 30.2 Å². The molecule has 0 unspecified atom stereocenters. The van der Waals surface area contributed by atoms with Crippen molar-refractivity contribution in [2.24, 2.45) is 0 Å². The summed E-state index contributed by atoms with van der Waals surface area (Å²) in [6, 6.07) is 7.26. The predicted octanol–water partition coefficient (Wildman–Crippen LogP) is 5.23. The van der Waals surface area contributed by atoms with Crippen molar-refractivity contribution in [2.75, 3.05) is 5.32 Å². The molecule has 29 heavy (non-hydrogen) atoms. The van der Waals surface area contributed by atoms with Gasteiger partial charge < -0.3 is 15.2 Å². The lowest BCUT2D eigenvalue weighted by atomic mass is 10.1. The van der Waals surface area contributed by atoms with E-state index in [9.17, 15) is 14.4 Å². The molecule has 0 fully saturated rings. The van der Waals surface area contributed by atoms with E-state index < -0.39 is 11.9 Å². The van der Waals surface area contributed by atoms with Crippen LogP contribution in [-0.4, -0.2) is 22.8 Å². The van der Waals surface area contributed by atoms with Crippen molar-refractivity contribution < 1.29 is 24.2 Å². The molecule has 6 heteroatoms. The summed E-state index contributed by atoms with van der Waals surface area (Å²) in [6.45, 7) is 2.31. The summed E-state index contributed by atoms with van der Waals surface area (Å²) in [4.78, 5) is 33.7. The summed E-state index contributed by atoms with van der Waals surface area (Å²) in [6.07, 6.45) is 11.8. The quantitative estimate of drug-likeness (QED) is 0.223. The molecular weight excluding hydrogens is 370 g/mol. The molecule has 0 heterocycles. The van der Waals surface area contributed by atoms with Crippen LogP contribution in [0.5, 0.6) is 0 Å². The molecule has 0 saturated carbocycles. The Morgan fingerprint density at radius 1 is 0.931 bits per heavy atom. The molecule has 0 aliphatic carbocycles. The zero-order valence-corrected chi connectivity index (χ0v) is 17.3. The Balaban J connectivity index is 2.20. The summed E-state index contributed by atoms with van der Waals surface area (Å²) in [7, 11) is 0. The van der Waals surface area contributed by atoms with Crippen LogP contribution < -0.4 is 5.32 Å². The first-order valence-corrected chi connectivity index (χ1v) is 10.4. The summed E-state index contributed by atoms with van der Waals surface area (Å²) in [5.74, 6) is -1.43. The Morgan fingerprint density at radius 2 is 1.59 bits per heavy atom. The van der Waals surface area contributed by atoms with Gasteiger partial charge in [-0.25, -0.2) is 0 Å². The lowest BCUT2D eigenvalue weighted by molar-refractivity contribution is -0.148. The number of carbonyl (C=O) groups excluding carboxylic acids is 2. The van der Waals surface area contributed by atoms with Crippen molar-refractivity contribution in [3.63, 3.8) is 0 Å². The molecule has 1 rings (SSSR count). The van der Waals surface area contributed by atoms with Gasteiger partial charge in [0.2, 0.25) is 0 Å². The van der Waals surface area contributed by atoms with E-state index in [4.69, 9.17) is 9.84 Å². The maximum atomic E-state index is 11.9. The number of hydrogen-bond donors (Lipinski definition) is 2. The highest BCUT2D eigenvalue weighted by Gasteiger charge is 2.06. The van der Waals surface area contributed by atoms with Gasteiger partial charge in [-0.2, -0.15) is 0 Å². The Kier molecular flexibility index (Phi) is 12.9. The molecule has 0 saturated heterocycles. The third-order valence-corrected chi connectivity index (χ3v) is 4.44. The highest BCUT2D eigenvalue weighted by atomic mass is 16.5. The van der Waals surface area contributed by atoms with Crippen LogP contribution in [0.1, 0.15) is 76.7 Å². The fourth-order valence-electron chi connectivity index (χ4n) is 2.71. The van der Waals surface area contributed by atoms with Gasteiger partial charge in [0.1, 0.15) is 6.61 Å². The molecule has 2 N–H and O–H groups in total. The first-order valence-electron chi connectivity index (χ1n) is 10.4. The molecule has 160 valence electrons. The van der Waals surface area contributed by atoms with Gasteiger partial charge >= 0.3 is 11.9 Å². The molecule has 0 radical (unpaired) electrons. The molecule has 1 aromatic rings. The van der Waals surface area contributed by atoms with Crippen molar-refractivity contribution >= 4 is 23.4 Å². The molecule has 0 atom stereocenters. The fourth-order valence-corrected chi connectivity index (χ4v) is 2.71. The minimum Gasteiger partial charge on any atom is -0.481 e. The average Bonchev–Trinajstić information content (AvgIpc) is 2.71. The van der Waals surface area contributed by atoms with E-state index in [1.165, 1.54) is 32.1 Å². The number of carboxylic acid groups (broad SMARTS) is 1. The zero-order chi connectivity index (χ0) is 21.3. The number of benzene rings is 1. The van der Waals surface area contributed by atoms with Crippen LogP contribution in [0.2, 0.25) is 0 Å². The van der Waals surface area contributed by atoms with E-state index >= 15 is 0 Å². The smallest absolute Gasteiger partial charge is 0.306 e. The van der Waals surface area contributed by atoms with E-state index in [1.54, 1.807) is 24.4 Å². The van der Waals surface area contributed by atoms with Crippen LogP contribution in [0, 0.1) is 0 Å². The van der Waals surface area contributed by atoms with E-state index in [1.807, 2.05) is 12.1 Å². The van der Waals surface area contributed by atoms with E-state index in [0.717, 1.165) is 24.1 Å². The SMILES string of the molecule is CCCCCCCCCC(=O)/C=C\Nc1ccc(COC(=O)CCC(=O)O)cc1. The minimum atomic E-state index is -1.02. The number of hydrogen-bond acceptors (Lipinski definition) is 5. The first-order chi connectivity index (χ1) is 14.0. The van der Waals surface area contributed by atoms with Gasteiger partial charge in [-0.3, -0.25) is 14.4 Å². The highest BCUT2D eigenvalue weighted by molar-refractivity contribution is 5.89. The lowest BCUT2D eigenvalue weighted by Gasteiger charge is -2.06. The van der Waals surface area contributed by atoms with Crippen molar-refractivity contribution in [2.45, 2.75) is 77.7 Å². The number of nitrogens with one attached hydrogen (secondary N) is 1. The van der Waals surface area contributed by atoms with Gasteiger partial charge in [0, 0.05) is 18.3 Å². The number of anilines is 1. The summed E-state index contributed by atoms with van der Waals surface area (Å²) in [5, 5.41) is 11.6. The van der Waals surface area contributed by atoms with Crippen LogP contribution in [0.4, 0.5) is 5.69 Å². The molecule has 0 aromatic heterocycles. The van der Waals surface area contributed by atoms with Crippen LogP contribution >= 0.6 is 0 Å². The van der Waals surface area contributed by atoms with Crippen LogP contribution in [-0.2, 0) is 25.7 Å². The number of rotatable bonds is 16. The van der Waals surface area contributed by atoms with Crippen molar-refractivity contribution in [1.82, 2.24) is 0 Å². The van der Waals surface area contributed by atoms with Crippen LogP contribution in [0.15, 0.2) is 36.5 Å². The van der Waals surface area contributed by atoms with E-state index in [-0.39, 0.29) is 25.2 Å². The molecular formula is C23H33NO5. The maximum Gasteiger partial charge on any atom is 0.306 e. The second-order valence-electron chi connectivity index (χ2n) is 7.07. The standard InChI is InChI=1S/C23H33NO5/c1-2-3-4-5-6-7-8-9-21(25)16-17-24-20-12-10-19(11-13-20)18-29-23(28)15-14-22(26)27/h10-13,16-17,24H,2-9,14-15,18H2,1H3,(H,26,27)/b17-16-. The molecule has 0 aliphatic rings. The average molecular weight is 404 g/mol. The van der Waals surface area contributed by atoms with Crippen molar-refractivity contribution in [3.8, 4) is 0 Å². The number of esters is 1. The monoisotopic (exact) mass is 403 g/mol. The lowest BCUT2D eigenvalue weighted by Crippen LogP contribution is -2.07. The summed E-state index contributed by atoms with van der Waals surface area (Å²) >= 11 is 0. The number of ether oxygens (including phenoxy) is 1. The third-order valence-electron chi connectivity index (χ3n) is 4.44. The van der Waals surface area contributed by atoms with Crippen molar-refractivity contribution in [3.05, 3.63) is 42.1 Å². The topological polar surface area (TPSA) is 92.7 Å². The number of carboxylic acids is 1. The first kappa shape index (κ1) is 24.4. The van der Waals surface area contributed by atoms with E-state index in [0.29, 0.717) is 6.42 Å². The number of carbonyl (C=O) groups is 3. The van der Waals surface area contributed by atoms with Crippen molar-refractivity contribution in [1.29, 1.82) is 0 Å². The molecule has 0 spiro atoms. The van der Waals surface area contributed by atoms with Crippen LogP contribution in [0.25, 0.3) is 0 Å².